The summed E-state index contributed by atoms with van der Waals surface area (Å²) >= 11 is 1.60. The number of hydrogen-bond donors (Lipinski definition) is 2. The van der Waals surface area contributed by atoms with Crippen LogP contribution >= 0.6 is 11.8 Å². The van der Waals surface area contributed by atoms with Crippen molar-refractivity contribution in [3.63, 3.8) is 0 Å². The summed E-state index contributed by atoms with van der Waals surface area (Å²) in [4.78, 5) is 10.1. The molecule has 3 N–H and O–H groups in total. The molecule has 1 atom stereocenters. The maximum absolute atomic E-state index is 10.1. The highest BCUT2D eigenvalue weighted by Crippen LogP contribution is 1.97. The van der Waals surface area contributed by atoms with E-state index in [4.69, 9.17) is 10.8 Å². The van der Waals surface area contributed by atoms with Gasteiger partial charge in [0.05, 0.1) is 0 Å². The molecule has 0 saturated carbocycles. The molecule has 0 aliphatic heterocycles. The molecule has 0 rings (SSSR count). The number of aliphatic carboxylic acids is 1. The fraction of sp³-hybridized carbons (Fsp3) is 0.857. The maximum atomic E-state index is 10.1. The minimum absolute atomic E-state index is 0.552. The molecule has 4 heteroatoms. The normalized spacial score (nSPS) is 11.3. The zero-order chi connectivity index (χ0) is 9.28. The van der Waals surface area contributed by atoms with E-state index in [9.17, 15) is 4.79 Å². The first-order chi connectivity index (χ1) is 5.18. The van der Waals surface area contributed by atoms with Crippen LogP contribution in [0, 0.1) is 0 Å². The second kappa shape index (κ2) is 9.78. The van der Waals surface area contributed by atoms with Crippen molar-refractivity contribution in [2.45, 2.75) is 26.3 Å². The second-order valence-electron chi connectivity index (χ2n) is 1.73. The minimum atomic E-state index is -0.913. The quantitative estimate of drug-likeness (QED) is 0.680. The summed E-state index contributed by atoms with van der Waals surface area (Å²) in [7, 11) is 0. The number of carbonyl (C=O) groups is 1. The van der Waals surface area contributed by atoms with E-state index in [0.29, 0.717) is 6.42 Å². The molecule has 68 valence electrons. The van der Waals surface area contributed by atoms with Crippen LogP contribution in [0.3, 0.4) is 0 Å². The molecule has 0 aliphatic rings. The van der Waals surface area contributed by atoms with Crippen LogP contribution in [0.1, 0.15) is 20.3 Å². The summed E-state index contributed by atoms with van der Waals surface area (Å²) in [6.07, 6.45) is 2.48. The van der Waals surface area contributed by atoms with Crippen molar-refractivity contribution in [2.24, 2.45) is 5.73 Å². The van der Waals surface area contributed by atoms with Crippen LogP contribution in [-0.2, 0) is 4.79 Å². The Kier molecular flexibility index (Phi) is 11.9. The van der Waals surface area contributed by atoms with Crippen molar-refractivity contribution in [2.75, 3.05) is 12.0 Å². The monoisotopic (exact) mass is 179 g/mol. The molecule has 0 amide bonds. The van der Waals surface area contributed by atoms with E-state index < -0.39 is 12.0 Å². The number of hydrogen-bond acceptors (Lipinski definition) is 3. The van der Waals surface area contributed by atoms with Crippen LogP contribution in [0.15, 0.2) is 0 Å². The molecule has 11 heavy (non-hydrogen) atoms. The Morgan fingerprint density at radius 3 is 2.36 bits per heavy atom. The van der Waals surface area contributed by atoms with E-state index in [1.54, 1.807) is 11.8 Å². The van der Waals surface area contributed by atoms with Crippen LogP contribution in [-0.4, -0.2) is 29.1 Å². The van der Waals surface area contributed by atoms with Gasteiger partial charge in [0.15, 0.2) is 0 Å². The van der Waals surface area contributed by atoms with Gasteiger partial charge in [-0.2, -0.15) is 11.8 Å². The third kappa shape index (κ3) is 9.78. The molecule has 0 saturated heterocycles. The predicted octanol–water partition coefficient (Wildman–Crippen LogP) is 1.18. The first kappa shape index (κ1) is 13.4. The number of carboxylic acid groups (broad SMARTS) is 1. The van der Waals surface area contributed by atoms with Crippen LogP contribution in [0.25, 0.3) is 0 Å². The van der Waals surface area contributed by atoms with Gasteiger partial charge < -0.3 is 10.8 Å². The van der Waals surface area contributed by atoms with Crippen LogP contribution in [0.4, 0.5) is 0 Å². The lowest BCUT2D eigenvalue weighted by atomic mass is 10.2. The fourth-order valence-electron chi connectivity index (χ4n) is 0.368. The van der Waals surface area contributed by atoms with Gasteiger partial charge in [-0.25, -0.2) is 0 Å². The smallest absolute Gasteiger partial charge is 0.320 e. The highest BCUT2D eigenvalue weighted by atomic mass is 32.2. The van der Waals surface area contributed by atoms with Crippen LogP contribution < -0.4 is 5.73 Å². The Morgan fingerprint density at radius 1 is 1.64 bits per heavy atom. The molecule has 0 heterocycles. The standard InChI is InChI=1S/C5H11NO2S.C2H6/c1-9-3-2-4(6)5(7)8;1-2/h4H,2-3,6H2,1H3,(H,7,8);1-2H3. The first-order valence-electron chi connectivity index (χ1n) is 3.65. The van der Waals surface area contributed by atoms with E-state index >= 15 is 0 Å². The average molecular weight is 179 g/mol. The molecule has 0 aromatic heterocycles. The summed E-state index contributed by atoms with van der Waals surface area (Å²) in [6, 6.07) is -0.683. The van der Waals surface area contributed by atoms with E-state index in [2.05, 4.69) is 0 Å². The maximum Gasteiger partial charge on any atom is 0.320 e. The van der Waals surface area contributed by atoms with Gasteiger partial charge in [0.25, 0.3) is 0 Å². The van der Waals surface area contributed by atoms with Crippen molar-refractivity contribution in [3.8, 4) is 0 Å². The van der Waals surface area contributed by atoms with Gasteiger partial charge in [-0.15, -0.1) is 0 Å². The zero-order valence-electron chi connectivity index (χ0n) is 7.33. The Balaban J connectivity index is 0. The summed E-state index contributed by atoms with van der Waals surface area (Å²) in [6.45, 7) is 4.00. The molecule has 0 aromatic rings. The number of nitrogens with two attached hydrogens (primary N) is 1. The fourth-order valence-corrected chi connectivity index (χ4v) is 0.858. The number of thioether (sulfide) groups is 1. The second-order valence-corrected chi connectivity index (χ2v) is 2.71. The SMILES string of the molecule is CC.CSCCC(N)C(=O)O. The Bertz CT molecular complexity index is 98.4. The van der Waals surface area contributed by atoms with Crippen LogP contribution in [0.5, 0.6) is 0 Å². The molecule has 3 nitrogen and oxygen atoms in total. The van der Waals surface area contributed by atoms with Crippen molar-refractivity contribution in [1.29, 1.82) is 0 Å². The molecule has 1 unspecified atom stereocenters. The van der Waals surface area contributed by atoms with Gasteiger partial charge in [-0.3, -0.25) is 4.79 Å². The third-order valence-electron chi connectivity index (χ3n) is 0.950. The lowest BCUT2D eigenvalue weighted by Gasteiger charge is -2.02. The highest BCUT2D eigenvalue weighted by Gasteiger charge is 2.08. The minimum Gasteiger partial charge on any atom is -0.480 e. The van der Waals surface area contributed by atoms with Crippen LogP contribution in [0.2, 0.25) is 0 Å². The van der Waals surface area contributed by atoms with Gasteiger partial charge in [-0.1, -0.05) is 13.8 Å². The van der Waals surface area contributed by atoms with Crippen molar-refractivity contribution in [1.82, 2.24) is 0 Å². The van der Waals surface area contributed by atoms with Gasteiger partial charge in [0.2, 0.25) is 0 Å². The summed E-state index contributed by atoms with van der Waals surface area (Å²) in [5.41, 5.74) is 5.19. The van der Waals surface area contributed by atoms with Gasteiger partial charge >= 0.3 is 5.97 Å². The Morgan fingerprint density at radius 2 is 2.09 bits per heavy atom. The average Bonchev–Trinajstić information content (AvgIpc) is 2.03. The predicted molar refractivity (Wildman–Crippen MR) is 50.0 cm³/mol. The van der Waals surface area contributed by atoms with Gasteiger partial charge in [0, 0.05) is 0 Å². The van der Waals surface area contributed by atoms with Gasteiger partial charge in [0.1, 0.15) is 6.04 Å². The summed E-state index contributed by atoms with van der Waals surface area (Å²) < 4.78 is 0. The number of rotatable bonds is 4. The topological polar surface area (TPSA) is 63.3 Å². The highest BCUT2D eigenvalue weighted by molar-refractivity contribution is 7.98. The molecule has 0 radical (unpaired) electrons. The molecule has 0 aliphatic carbocycles. The Labute approximate surface area is 72.4 Å². The summed E-state index contributed by atoms with van der Waals surface area (Å²) in [5.74, 6) is -0.1000. The lowest BCUT2D eigenvalue weighted by Crippen LogP contribution is -2.30. The van der Waals surface area contributed by atoms with E-state index in [-0.39, 0.29) is 0 Å². The molecule has 0 spiro atoms. The first-order valence-corrected chi connectivity index (χ1v) is 5.05. The molecule has 0 bridgehead atoms. The Hall–Kier alpha value is -0.220. The zero-order valence-corrected chi connectivity index (χ0v) is 8.15. The third-order valence-corrected chi connectivity index (χ3v) is 1.59. The van der Waals surface area contributed by atoms with Crippen molar-refractivity contribution >= 4 is 17.7 Å². The molecular weight excluding hydrogens is 162 g/mol. The molecule has 0 aromatic carbocycles. The molecule has 0 fully saturated rings. The van der Waals surface area contributed by atoms with Crippen molar-refractivity contribution < 1.29 is 9.90 Å². The largest absolute Gasteiger partial charge is 0.480 e. The van der Waals surface area contributed by atoms with Gasteiger partial charge in [-0.05, 0) is 18.4 Å². The van der Waals surface area contributed by atoms with E-state index in [1.807, 2.05) is 20.1 Å². The lowest BCUT2D eigenvalue weighted by molar-refractivity contribution is -0.138. The van der Waals surface area contributed by atoms with E-state index in [0.717, 1.165) is 5.75 Å². The number of carboxylic acids is 1. The van der Waals surface area contributed by atoms with Crippen molar-refractivity contribution in [3.05, 3.63) is 0 Å². The summed E-state index contributed by atoms with van der Waals surface area (Å²) in [5, 5.41) is 8.27. The van der Waals surface area contributed by atoms with E-state index in [1.165, 1.54) is 0 Å². The molecular formula is C7H17NO2S.